The Morgan fingerprint density at radius 3 is 2.77 bits per heavy atom. The number of likely N-dealkylation sites (N-methyl/N-ethyl adjacent to an activating group) is 2. The number of nitrogens with one attached hydrogen (secondary N) is 1. The Hall–Kier alpha value is -1.60. The van der Waals surface area contributed by atoms with E-state index in [0.29, 0.717) is 13.1 Å². The maximum Gasteiger partial charge on any atom is 0.242 e. The average Bonchev–Trinajstić information content (AvgIpc) is 2.63. The molecule has 0 radical (unpaired) electrons. The van der Waals surface area contributed by atoms with Crippen molar-refractivity contribution in [2.75, 3.05) is 53.9 Å². The molecule has 0 aromatic rings. The van der Waals surface area contributed by atoms with Gasteiger partial charge in [-0.3, -0.25) is 14.5 Å². The van der Waals surface area contributed by atoms with E-state index >= 15 is 0 Å². The van der Waals surface area contributed by atoms with Crippen molar-refractivity contribution in [1.29, 1.82) is 0 Å². The Morgan fingerprint density at radius 1 is 1.31 bits per heavy atom. The first-order valence-electron chi connectivity index (χ1n) is 9.62. The van der Waals surface area contributed by atoms with E-state index in [1.54, 1.807) is 19.1 Å². The van der Waals surface area contributed by atoms with Gasteiger partial charge in [-0.1, -0.05) is 6.58 Å². The number of hydrogen-bond donors (Lipinski definition) is 1. The Balaban J connectivity index is 1.94. The minimum absolute atomic E-state index is 0.0502. The van der Waals surface area contributed by atoms with Crippen LogP contribution < -0.4 is 5.32 Å². The second kappa shape index (κ2) is 9.92. The molecule has 7 nitrogen and oxygen atoms in total. The molecule has 2 rings (SSSR count). The van der Waals surface area contributed by atoms with E-state index in [9.17, 15) is 9.59 Å². The number of piperidine rings is 2. The fourth-order valence-electron chi connectivity index (χ4n) is 3.93. The first kappa shape index (κ1) is 20.7. The van der Waals surface area contributed by atoms with Crippen molar-refractivity contribution >= 4 is 11.8 Å². The molecule has 2 heterocycles. The third kappa shape index (κ3) is 5.45. The second-order valence-corrected chi connectivity index (χ2v) is 7.42. The topological polar surface area (TPSA) is 65.1 Å². The van der Waals surface area contributed by atoms with Crippen molar-refractivity contribution in [3.8, 4) is 0 Å². The lowest BCUT2D eigenvalue weighted by molar-refractivity contribution is -0.145. The summed E-state index contributed by atoms with van der Waals surface area (Å²) in [7, 11) is 5.45. The molecule has 0 saturated carbocycles. The maximum absolute atomic E-state index is 12.9. The number of nitrogens with zero attached hydrogens (tertiary/aromatic N) is 3. The largest absolute Gasteiger partial charge is 0.500 e. The molecule has 0 aliphatic carbocycles. The standard InChI is InChI=1S/C19H34N4O3/c1-15(26-4)12-21(3)13-16-8-5-6-11-23(16)18(24)14-22-10-7-9-17(20-2)19(22)25/h16-17,20H,1,5-14H2,2-4H3/t16-,17-/m0/s1. The molecule has 0 bridgehead atoms. The van der Waals surface area contributed by atoms with E-state index in [1.807, 2.05) is 11.9 Å². The zero-order valence-corrected chi connectivity index (χ0v) is 16.5. The molecule has 1 N–H and O–H groups in total. The summed E-state index contributed by atoms with van der Waals surface area (Å²) in [5.74, 6) is 0.839. The van der Waals surface area contributed by atoms with Gasteiger partial charge >= 0.3 is 0 Å². The smallest absolute Gasteiger partial charge is 0.242 e. The monoisotopic (exact) mass is 366 g/mol. The first-order chi connectivity index (χ1) is 12.5. The van der Waals surface area contributed by atoms with Crippen LogP contribution in [0.3, 0.4) is 0 Å². The van der Waals surface area contributed by atoms with Crippen LogP contribution in [0.4, 0.5) is 0 Å². The van der Waals surface area contributed by atoms with Crippen LogP contribution in [-0.4, -0.2) is 92.5 Å². The third-order valence-electron chi connectivity index (χ3n) is 5.41. The van der Waals surface area contributed by atoms with E-state index in [1.165, 1.54) is 0 Å². The van der Waals surface area contributed by atoms with Crippen LogP contribution in [0, 0.1) is 0 Å². The van der Waals surface area contributed by atoms with Crippen molar-refractivity contribution in [2.45, 2.75) is 44.2 Å². The zero-order valence-electron chi connectivity index (χ0n) is 16.5. The van der Waals surface area contributed by atoms with Gasteiger partial charge in [0.25, 0.3) is 0 Å². The highest BCUT2D eigenvalue weighted by Gasteiger charge is 2.32. The molecule has 2 amide bonds. The van der Waals surface area contributed by atoms with Crippen molar-refractivity contribution in [2.24, 2.45) is 0 Å². The fourth-order valence-corrected chi connectivity index (χ4v) is 3.93. The third-order valence-corrected chi connectivity index (χ3v) is 5.41. The molecule has 0 aromatic heterocycles. The van der Waals surface area contributed by atoms with Crippen molar-refractivity contribution < 1.29 is 14.3 Å². The van der Waals surface area contributed by atoms with E-state index in [2.05, 4.69) is 16.8 Å². The van der Waals surface area contributed by atoms with Gasteiger partial charge in [-0.2, -0.15) is 0 Å². The number of methoxy groups -OCH3 is 1. The zero-order chi connectivity index (χ0) is 19.1. The van der Waals surface area contributed by atoms with Gasteiger partial charge in [-0.25, -0.2) is 0 Å². The molecule has 26 heavy (non-hydrogen) atoms. The van der Waals surface area contributed by atoms with Gasteiger partial charge in [0.2, 0.25) is 11.8 Å². The van der Waals surface area contributed by atoms with Gasteiger partial charge in [0, 0.05) is 25.7 Å². The van der Waals surface area contributed by atoms with E-state index < -0.39 is 0 Å². The quantitative estimate of drug-likeness (QED) is 0.640. The summed E-state index contributed by atoms with van der Waals surface area (Å²) in [6.45, 7) is 6.97. The maximum atomic E-state index is 12.9. The van der Waals surface area contributed by atoms with Crippen molar-refractivity contribution in [3.05, 3.63) is 12.3 Å². The average molecular weight is 367 g/mol. The summed E-state index contributed by atoms with van der Waals surface area (Å²) in [6, 6.07) is 0.0331. The van der Waals surface area contributed by atoms with Crippen LogP contribution in [0.5, 0.6) is 0 Å². The summed E-state index contributed by atoms with van der Waals surface area (Å²) in [6.07, 6.45) is 4.96. The number of rotatable bonds is 8. The van der Waals surface area contributed by atoms with E-state index in [-0.39, 0.29) is 30.4 Å². The lowest BCUT2D eigenvalue weighted by Crippen LogP contribution is -2.55. The molecular formula is C19H34N4O3. The molecule has 2 aliphatic heterocycles. The summed E-state index contributed by atoms with van der Waals surface area (Å²) in [4.78, 5) is 31.2. The Morgan fingerprint density at radius 2 is 2.08 bits per heavy atom. The normalized spacial score (nSPS) is 24.1. The van der Waals surface area contributed by atoms with Gasteiger partial charge in [0.05, 0.1) is 26.2 Å². The predicted octanol–water partition coefficient (Wildman–Crippen LogP) is 0.670. The highest BCUT2D eigenvalue weighted by atomic mass is 16.5. The second-order valence-electron chi connectivity index (χ2n) is 7.42. The lowest BCUT2D eigenvalue weighted by atomic mass is 10.0. The van der Waals surface area contributed by atoms with Gasteiger partial charge in [0.1, 0.15) is 5.76 Å². The van der Waals surface area contributed by atoms with E-state index in [0.717, 1.165) is 51.0 Å². The van der Waals surface area contributed by atoms with Gasteiger partial charge < -0.3 is 19.9 Å². The summed E-state index contributed by atoms with van der Waals surface area (Å²) >= 11 is 0. The SMILES string of the molecule is C=C(CN(C)C[C@@H]1CCCCN1C(=O)CN1CCC[C@H](NC)C1=O)OC. The van der Waals surface area contributed by atoms with Crippen LogP contribution in [0.25, 0.3) is 0 Å². The molecule has 2 atom stereocenters. The molecule has 2 aliphatic rings. The van der Waals surface area contributed by atoms with Crippen LogP contribution in [-0.2, 0) is 14.3 Å². The molecule has 2 saturated heterocycles. The molecular weight excluding hydrogens is 332 g/mol. The number of ether oxygens (including phenoxy) is 1. The van der Waals surface area contributed by atoms with Gasteiger partial charge in [-0.05, 0) is 46.2 Å². The number of carbonyl (C=O) groups excluding carboxylic acids is 2. The van der Waals surface area contributed by atoms with Crippen LogP contribution in [0.1, 0.15) is 32.1 Å². The van der Waals surface area contributed by atoms with E-state index in [4.69, 9.17) is 4.74 Å². The predicted molar refractivity (Wildman–Crippen MR) is 102 cm³/mol. The first-order valence-corrected chi connectivity index (χ1v) is 9.62. The molecule has 148 valence electrons. The minimum Gasteiger partial charge on any atom is -0.500 e. The molecule has 2 fully saturated rings. The fraction of sp³-hybridized carbons (Fsp3) is 0.789. The van der Waals surface area contributed by atoms with Crippen LogP contribution >= 0.6 is 0 Å². The molecule has 0 spiro atoms. The van der Waals surface area contributed by atoms with Crippen LogP contribution in [0.2, 0.25) is 0 Å². The lowest BCUT2D eigenvalue weighted by Gasteiger charge is -2.40. The van der Waals surface area contributed by atoms with Gasteiger partial charge in [0.15, 0.2) is 0 Å². The number of likely N-dealkylation sites (tertiary alicyclic amines) is 2. The van der Waals surface area contributed by atoms with Crippen LogP contribution in [0.15, 0.2) is 12.3 Å². The summed E-state index contributed by atoms with van der Waals surface area (Å²) in [5.41, 5.74) is 0. The summed E-state index contributed by atoms with van der Waals surface area (Å²) < 4.78 is 5.15. The van der Waals surface area contributed by atoms with Crippen molar-refractivity contribution in [3.63, 3.8) is 0 Å². The Bertz CT molecular complexity index is 511. The number of hydrogen-bond acceptors (Lipinski definition) is 5. The molecule has 7 heteroatoms. The van der Waals surface area contributed by atoms with Gasteiger partial charge in [-0.15, -0.1) is 0 Å². The highest BCUT2D eigenvalue weighted by Crippen LogP contribution is 2.19. The highest BCUT2D eigenvalue weighted by molar-refractivity contribution is 5.88. The Kier molecular flexibility index (Phi) is 7.90. The molecule has 0 unspecified atom stereocenters. The minimum atomic E-state index is -0.153. The molecule has 0 aromatic carbocycles. The number of amides is 2. The summed E-state index contributed by atoms with van der Waals surface area (Å²) in [5, 5.41) is 3.05. The van der Waals surface area contributed by atoms with Crippen molar-refractivity contribution in [1.82, 2.24) is 20.0 Å². The Labute approximate surface area is 157 Å². The number of carbonyl (C=O) groups is 2.